The number of nitrogens with zero attached hydrogens (tertiary/aromatic N) is 2. The van der Waals surface area contributed by atoms with Crippen molar-refractivity contribution in [2.24, 2.45) is 5.92 Å². The van der Waals surface area contributed by atoms with Crippen LogP contribution in [-0.2, 0) is 11.3 Å². The van der Waals surface area contributed by atoms with E-state index in [9.17, 15) is 0 Å². The highest BCUT2D eigenvalue weighted by Crippen LogP contribution is 2.06. The van der Waals surface area contributed by atoms with Gasteiger partial charge in [-0.05, 0) is 19.4 Å². The second-order valence-electron chi connectivity index (χ2n) is 4.66. The van der Waals surface area contributed by atoms with Crippen LogP contribution in [0.1, 0.15) is 32.4 Å². The average molecular weight is 225 g/mol. The summed E-state index contributed by atoms with van der Waals surface area (Å²) in [4.78, 5) is 0. The highest BCUT2D eigenvalue weighted by molar-refractivity contribution is 5.03. The lowest BCUT2D eigenvalue weighted by Crippen LogP contribution is -2.18. The molecule has 0 aliphatic carbocycles. The Morgan fingerprint density at radius 2 is 2.19 bits per heavy atom. The van der Waals surface area contributed by atoms with Crippen molar-refractivity contribution in [2.75, 3.05) is 20.3 Å². The van der Waals surface area contributed by atoms with Gasteiger partial charge in [0.15, 0.2) is 0 Å². The van der Waals surface area contributed by atoms with Crippen molar-refractivity contribution >= 4 is 0 Å². The highest BCUT2D eigenvalue weighted by atomic mass is 16.5. The van der Waals surface area contributed by atoms with Crippen LogP contribution in [0.25, 0.3) is 0 Å². The van der Waals surface area contributed by atoms with E-state index in [4.69, 9.17) is 4.74 Å². The zero-order valence-electron chi connectivity index (χ0n) is 10.7. The van der Waals surface area contributed by atoms with E-state index >= 15 is 0 Å². The van der Waals surface area contributed by atoms with Crippen molar-refractivity contribution in [1.82, 2.24) is 15.1 Å². The molecule has 1 atom stereocenters. The van der Waals surface area contributed by atoms with E-state index in [-0.39, 0.29) is 0 Å². The van der Waals surface area contributed by atoms with E-state index in [1.54, 1.807) is 7.11 Å². The van der Waals surface area contributed by atoms with Gasteiger partial charge in [-0.2, -0.15) is 5.10 Å². The molecule has 4 heteroatoms. The summed E-state index contributed by atoms with van der Waals surface area (Å²) >= 11 is 0. The van der Waals surface area contributed by atoms with Gasteiger partial charge in [-0.15, -0.1) is 0 Å². The van der Waals surface area contributed by atoms with E-state index in [2.05, 4.69) is 37.4 Å². The van der Waals surface area contributed by atoms with Crippen molar-refractivity contribution < 1.29 is 4.74 Å². The third-order valence-corrected chi connectivity index (χ3v) is 2.40. The molecular weight excluding hydrogens is 202 g/mol. The molecule has 1 aromatic rings. The molecule has 1 aromatic heterocycles. The molecule has 16 heavy (non-hydrogen) atoms. The molecule has 1 unspecified atom stereocenters. The Labute approximate surface area is 98.0 Å². The minimum absolute atomic E-state index is 0.295. The number of methoxy groups -OCH3 is 1. The first-order chi connectivity index (χ1) is 7.63. The number of hydrogen-bond donors (Lipinski definition) is 1. The van der Waals surface area contributed by atoms with Crippen LogP contribution in [0.4, 0.5) is 0 Å². The molecule has 0 aliphatic rings. The first-order valence-electron chi connectivity index (χ1n) is 5.86. The number of ether oxygens (including phenoxy) is 1. The van der Waals surface area contributed by atoms with Gasteiger partial charge in [0.1, 0.15) is 0 Å². The molecule has 0 saturated carbocycles. The Hall–Kier alpha value is -0.870. The van der Waals surface area contributed by atoms with Gasteiger partial charge in [0, 0.05) is 25.4 Å². The van der Waals surface area contributed by atoms with E-state index in [1.807, 2.05) is 10.9 Å². The molecular formula is C12H23N3O. The van der Waals surface area contributed by atoms with Gasteiger partial charge in [0.05, 0.1) is 18.8 Å². The fourth-order valence-electron chi connectivity index (χ4n) is 1.53. The molecule has 0 amide bonds. The van der Waals surface area contributed by atoms with Crippen LogP contribution in [0.15, 0.2) is 12.4 Å². The minimum atomic E-state index is 0.295. The molecule has 4 nitrogen and oxygen atoms in total. The topological polar surface area (TPSA) is 39.1 Å². The van der Waals surface area contributed by atoms with Crippen molar-refractivity contribution in [3.63, 3.8) is 0 Å². The SMILES string of the molecule is COCC(C)n1cc(CNCC(C)C)cn1. The van der Waals surface area contributed by atoms with Crippen molar-refractivity contribution in [2.45, 2.75) is 33.4 Å². The maximum Gasteiger partial charge on any atom is 0.0724 e. The molecule has 1 heterocycles. The lowest BCUT2D eigenvalue weighted by molar-refractivity contribution is 0.157. The summed E-state index contributed by atoms with van der Waals surface area (Å²) < 4.78 is 7.06. The van der Waals surface area contributed by atoms with Gasteiger partial charge in [-0.1, -0.05) is 13.8 Å². The van der Waals surface area contributed by atoms with Gasteiger partial charge in [-0.25, -0.2) is 0 Å². The first kappa shape index (κ1) is 13.2. The number of rotatable bonds is 7. The minimum Gasteiger partial charge on any atom is -0.382 e. The molecule has 92 valence electrons. The summed E-state index contributed by atoms with van der Waals surface area (Å²) in [5.74, 6) is 0.683. The highest BCUT2D eigenvalue weighted by Gasteiger charge is 2.05. The van der Waals surface area contributed by atoms with Crippen LogP contribution in [0.5, 0.6) is 0 Å². The van der Waals surface area contributed by atoms with Crippen LogP contribution in [0.3, 0.4) is 0 Å². The van der Waals surface area contributed by atoms with E-state index in [0.29, 0.717) is 18.6 Å². The van der Waals surface area contributed by atoms with Gasteiger partial charge >= 0.3 is 0 Å². The molecule has 1 N–H and O–H groups in total. The molecule has 0 radical (unpaired) electrons. The fraction of sp³-hybridized carbons (Fsp3) is 0.750. The van der Waals surface area contributed by atoms with Crippen LogP contribution in [0.2, 0.25) is 0 Å². The Morgan fingerprint density at radius 1 is 1.44 bits per heavy atom. The maximum atomic E-state index is 5.10. The Balaban J connectivity index is 2.39. The van der Waals surface area contributed by atoms with Gasteiger partial charge in [-0.3, -0.25) is 4.68 Å². The normalized spacial score (nSPS) is 13.3. The monoisotopic (exact) mass is 225 g/mol. The van der Waals surface area contributed by atoms with Gasteiger partial charge in [0.2, 0.25) is 0 Å². The number of aromatic nitrogens is 2. The second kappa shape index (κ2) is 6.66. The van der Waals surface area contributed by atoms with Crippen LogP contribution in [-0.4, -0.2) is 30.0 Å². The standard InChI is InChI=1S/C12H23N3O/c1-10(2)5-13-6-12-7-14-15(8-12)11(3)9-16-4/h7-8,10-11,13H,5-6,9H2,1-4H3. The predicted molar refractivity (Wildman–Crippen MR) is 65.4 cm³/mol. The molecule has 0 aliphatic heterocycles. The Kier molecular flexibility index (Phi) is 5.49. The Bertz CT molecular complexity index is 296. The summed E-state index contributed by atoms with van der Waals surface area (Å²) in [5, 5.41) is 7.73. The third kappa shape index (κ3) is 4.33. The van der Waals surface area contributed by atoms with Crippen LogP contribution in [0, 0.1) is 5.92 Å². The quantitative estimate of drug-likeness (QED) is 0.769. The molecule has 0 saturated heterocycles. The van der Waals surface area contributed by atoms with E-state index in [1.165, 1.54) is 5.56 Å². The lowest BCUT2D eigenvalue weighted by atomic mass is 10.2. The molecule has 0 aromatic carbocycles. The van der Waals surface area contributed by atoms with Crippen LogP contribution >= 0.6 is 0 Å². The smallest absolute Gasteiger partial charge is 0.0724 e. The molecule has 0 bridgehead atoms. The number of nitrogens with one attached hydrogen (secondary N) is 1. The average Bonchev–Trinajstić information content (AvgIpc) is 2.66. The zero-order valence-corrected chi connectivity index (χ0v) is 10.7. The fourth-order valence-corrected chi connectivity index (χ4v) is 1.53. The van der Waals surface area contributed by atoms with Crippen molar-refractivity contribution in [1.29, 1.82) is 0 Å². The lowest BCUT2D eigenvalue weighted by Gasteiger charge is -2.10. The van der Waals surface area contributed by atoms with Crippen molar-refractivity contribution in [3.05, 3.63) is 18.0 Å². The summed E-state index contributed by atoms with van der Waals surface area (Å²) in [7, 11) is 1.71. The zero-order chi connectivity index (χ0) is 12.0. The molecule has 0 spiro atoms. The molecule has 1 rings (SSSR count). The first-order valence-corrected chi connectivity index (χ1v) is 5.86. The Morgan fingerprint density at radius 3 is 2.81 bits per heavy atom. The summed E-state index contributed by atoms with van der Waals surface area (Å²) in [6.07, 6.45) is 4.00. The molecule has 0 fully saturated rings. The van der Waals surface area contributed by atoms with Crippen LogP contribution < -0.4 is 5.32 Å². The maximum absolute atomic E-state index is 5.10. The van der Waals surface area contributed by atoms with Crippen molar-refractivity contribution in [3.8, 4) is 0 Å². The summed E-state index contributed by atoms with van der Waals surface area (Å²) in [6, 6.07) is 0.295. The summed E-state index contributed by atoms with van der Waals surface area (Å²) in [5.41, 5.74) is 1.23. The largest absolute Gasteiger partial charge is 0.382 e. The third-order valence-electron chi connectivity index (χ3n) is 2.40. The van der Waals surface area contributed by atoms with Gasteiger partial charge in [0.25, 0.3) is 0 Å². The summed E-state index contributed by atoms with van der Waals surface area (Å²) in [6.45, 7) is 9.13. The van der Waals surface area contributed by atoms with Gasteiger partial charge < -0.3 is 10.1 Å². The second-order valence-corrected chi connectivity index (χ2v) is 4.66. The van der Waals surface area contributed by atoms with E-state index < -0.39 is 0 Å². The predicted octanol–water partition coefficient (Wildman–Crippen LogP) is 1.84. The number of hydrogen-bond acceptors (Lipinski definition) is 3. The van der Waals surface area contributed by atoms with E-state index in [0.717, 1.165) is 13.1 Å².